The predicted octanol–water partition coefficient (Wildman–Crippen LogP) is 4.03. The van der Waals surface area contributed by atoms with Crippen molar-refractivity contribution in [1.29, 1.82) is 0 Å². The highest BCUT2D eigenvalue weighted by Gasteiger charge is 2.34. The number of rotatable bonds is 7. The van der Waals surface area contributed by atoms with E-state index in [4.69, 9.17) is 9.47 Å². The van der Waals surface area contributed by atoms with Gasteiger partial charge in [-0.3, -0.25) is 0 Å². The Morgan fingerprint density at radius 2 is 1.67 bits per heavy atom. The van der Waals surface area contributed by atoms with Crippen LogP contribution in [-0.4, -0.2) is 25.2 Å². The first-order chi connectivity index (χ1) is 12.9. The highest BCUT2D eigenvalue weighted by Crippen LogP contribution is 2.29. The maximum Gasteiger partial charge on any atom is 0.408 e. The van der Waals surface area contributed by atoms with Crippen molar-refractivity contribution in [2.45, 2.75) is 32.4 Å². The minimum atomic E-state index is -0.955. The molecule has 0 aliphatic rings. The molecule has 27 heavy (non-hydrogen) atoms. The van der Waals surface area contributed by atoms with Gasteiger partial charge in [0.25, 0.3) is 0 Å². The minimum Gasteiger partial charge on any atom is -0.467 e. The van der Waals surface area contributed by atoms with Crippen molar-refractivity contribution >= 4 is 12.1 Å². The van der Waals surface area contributed by atoms with Gasteiger partial charge in [0.05, 0.1) is 7.11 Å². The molecule has 0 spiro atoms. The molecule has 144 valence electrons. The van der Waals surface area contributed by atoms with Crippen LogP contribution in [0.2, 0.25) is 0 Å². The number of carbonyl (C=O) groups is 2. The number of hydrogen-bond acceptors (Lipinski definition) is 4. The Kier molecular flexibility index (Phi) is 7.34. The first-order valence-electron chi connectivity index (χ1n) is 8.73. The predicted molar refractivity (Wildman–Crippen MR) is 99.5 cm³/mol. The zero-order valence-electron chi connectivity index (χ0n) is 15.6. The summed E-state index contributed by atoms with van der Waals surface area (Å²) in [5.74, 6) is -1.38. The summed E-state index contributed by atoms with van der Waals surface area (Å²) in [4.78, 5) is 24.6. The van der Waals surface area contributed by atoms with Crippen LogP contribution in [-0.2, 0) is 20.9 Å². The molecule has 1 amide bonds. The summed E-state index contributed by atoms with van der Waals surface area (Å²) in [6.07, 6.45) is -0.720. The smallest absolute Gasteiger partial charge is 0.408 e. The van der Waals surface area contributed by atoms with E-state index in [2.05, 4.69) is 5.32 Å². The first kappa shape index (κ1) is 20.4. The molecule has 5 nitrogen and oxygen atoms in total. The van der Waals surface area contributed by atoms with E-state index in [1.807, 2.05) is 44.2 Å². The van der Waals surface area contributed by atoms with Gasteiger partial charge in [0.15, 0.2) is 0 Å². The van der Waals surface area contributed by atoms with Crippen LogP contribution in [0.25, 0.3) is 0 Å². The molecule has 1 N–H and O–H groups in total. The van der Waals surface area contributed by atoms with Crippen LogP contribution in [0.15, 0.2) is 54.6 Å². The zero-order chi connectivity index (χ0) is 19.8. The number of alkyl carbamates (subject to hydrolysis) is 1. The Morgan fingerprint density at radius 3 is 2.22 bits per heavy atom. The third-order valence-corrected chi connectivity index (χ3v) is 4.27. The number of amides is 1. The number of benzene rings is 2. The number of hydrogen-bond donors (Lipinski definition) is 1. The summed E-state index contributed by atoms with van der Waals surface area (Å²) < 4.78 is 23.4. The number of methoxy groups -OCH3 is 1. The van der Waals surface area contributed by atoms with E-state index in [0.29, 0.717) is 0 Å². The highest BCUT2D eigenvalue weighted by molar-refractivity contribution is 5.82. The standard InChI is InChI=1S/C21H24FNO4/c1-14(2)18(16-9-11-17(22)12-10-16)19(20(24)26-3)23-21(25)27-13-15-7-5-4-6-8-15/h4-12,14,18-19H,13H2,1-3H3,(H,23,25). The molecular formula is C21H24FNO4. The van der Waals surface area contributed by atoms with Crippen LogP contribution in [0.3, 0.4) is 0 Å². The third kappa shape index (κ3) is 5.81. The van der Waals surface area contributed by atoms with Crippen molar-refractivity contribution in [3.63, 3.8) is 0 Å². The molecule has 2 aromatic rings. The molecule has 6 heteroatoms. The van der Waals surface area contributed by atoms with Gasteiger partial charge in [0, 0.05) is 5.92 Å². The first-order valence-corrected chi connectivity index (χ1v) is 8.73. The van der Waals surface area contributed by atoms with Crippen molar-refractivity contribution in [3.05, 3.63) is 71.5 Å². The molecular weight excluding hydrogens is 349 g/mol. The average molecular weight is 373 g/mol. The van der Waals surface area contributed by atoms with Gasteiger partial charge >= 0.3 is 12.1 Å². The number of nitrogens with one attached hydrogen (secondary N) is 1. The average Bonchev–Trinajstić information content (AvgIpc) is 2.67. The normalized spacial score (nSPS) is 12.9. The van der Waals surface area contributed by atoms with Crippen molar-refractivity contribution in [2.24, 2.45) is 5.92 Å². The Labute approximate surface area is 158 Å². The zero-order valence-corrected chi connectivity index (χ0v) is 15.6. The molecule has 0 saturated heterocycles. The Bertz CT molecular complexity index is 747. The Balaban J connectivity index is 2.15. The van der Waals surface area contributed by atoms with Crippen molar-refractivity contribution in [2.75, 3.05) is 7.11 Å². The van der Waals surface area contributed by atoms with Crippen LogP contribution in [0.5, 0.6) is 0 Å². The van der Waals surface area contributed by atoms with Gasteiger partial charge in [-0.05, 0) is 29.2 Å². The maximum absolute atomic E-state index is 13.3. The minimum absolute atomic E-state index is 0.0195. The lowest BCUT2D eigenvalue weighted by molar-refractivity contribution is -0.144. The fraction of sp³-hybridized carbons (Fsp3) is 0.333. The number of halogens is 1. The van der Waals surface area contributed by atoms with Crippen molar-refractivity contribution in [3.8, 4) is 0 Å². The van der Waals surface area contributed by atoms with Crippen LogP contribution >= 0.6 is 0 Å². The molecule has 0 bridgehead atoms. The van der Waals surface area contributed by atoms with Gasteiger partial charge in [-0.15, -0.1) is 0 Å². The van der Waals surface area contributed by atoms with Crippen LogP contribution in [0.4, 0.5) is 9.18 Å². The fourth-order valence-electron chi connectivity index (χ4n) is 2.96. The second-order valence-corrected chi connectivity index (χ2v) is 6.53. The van der Waals surface area contributed by atoms with E-state index in [1.54, 1.807) is 12.1 Å². The molecule has 0 aliphatic carbocycles. The van der Waals surface area contributed by atoms with E-state index < -0.39 is 24.0 Å². The maximum atomic E-state index is 13.3. The molecule has 2 aromatic carbocycles. The van der Waals surface area contributed by atoms with E-state index in [1.165, 1.54) is 19.2 Å². The topological polar surface area (TPSA) is 64.6 Å². The second-order valence-electron chi connectivity index (χ2n) is 6.53. The largest absolute Gasteiger partial charge is 0.467 e. The summed E-state index contributed by atoms with van der Waals surface area (Å²) in [5, 5.41) is 2.60. The summed E-state index contributed by atoms with van der Waals surface area (Å²) in [6, 6.07) is 14.1. The van der Waals surface area contributed by atoms with Gasteiger partial charge in [-0.1, -0.05) is 56.3 Å². The van der Waals surface area contributed by atoms with Gasteiger partial charge in [0.2, 0.25) is 0 Å². The molecule has 0 aromatic heterocycles. The molecule has 2 rings (SSSR count). The number of carbonyl (C=O) groups excluding carboxylic acids is 2. The van der Waals surface area contributed by atoms with Gasteiger partial charge in [-0.2, -0.15) is 0 Å². The lowest BCUT2D eigenvalue weighted by atomic mass is 9.82. The summed E-state index contributed by atoms with van der Waals surface area (Å²) in [6.45, 7) is 3.92. The van der Waals surface area contributed by atoms with Gasteiger partial charge in [-0.25, -0.2) is 14.0 Å². The van der Waals surface area contributed by atoms with E-state index in [0.717, 1.165) is 11.1 Å². The lowest BCUT2D eigenvalue weighted by Gasteiger charge is -2.29. The van der Waals surface area contributed by atoms with Crippen molar-refractivity contribution < 1.29 is 23.5 Å². The molecule has 0 radical (unpaired) electrons. The Morgan fingerprint density at radius 1 is 1.04 bits per heavy atom. The molecule has 2 atom stereocenters. The Hall–Kier alpha value is -2.89. The summed E-state index contributed by atoms with van der Waals surface area (Å²) in [7, 11) is 1.26. The SMILES string of the molecule is COC(=O)C(NC(=O)OCc1ccccc1)C(c1ccc(F)cc1)C(C)C. The fourth-order valence-corrected chi connectivity index (χ4v) is 2.96. The van der Waals surface area contributed by atoms with Gasteiger partial charge < -0.3 is 14.8 Å². The summed E-state index contributed by atoms with van der Waals surface area (Å²) in [5.41, 5.74) is 1.56. The van der Waals surface area contributed by atoms with Crippen molar-refractivity contribution in [1.82, 2.24) is 5.32 Å². The summed E-state index contributed by atoms with van der Waals surface area (Å²) >= 11 is 0. The molecule has 0 fully saturated rings. The number of ether oxygens (including phenoxy) is 2. The monoisotopic (exact) mass is 373 g/mol. The molecule has 0 saturated carbocycles. The lowest BCUT2D eigenvalue weighted by Crippen LogP contribution is -2.47. The van der Waals surface area contributed by atoms with E-state index in [9.17, 15) is 14.0 Å². The quantitative estimate of drug-likeness (QED) is 0.744. The molecule has 0 aliphatic heterocycles. The van der Waals surface area contributed by atoms with E-state index >= 15 is 0 Å². The number of esters is 1. The van der Waals surface area contributed by atoms with Gasteiger partial charge in [0.1, 0.15) is 18.5 Å². The second kappa shape index (κ2) is 9.71. The third-order valence-electron chi connectivity index (χ3n) is 4.27. The van der Waals surface area contributed by atoms with E-state index in [-0.39, 0.29) is 18.3 Å². The molecule has 0 heterocycles. The molecule has 2 unspecified atom stereocenters. The van der Waals surface area contributed by atoms with Crippen LogP contribution in [0, 0.1) is 11.7 Å². The highest BCUT2D eigenvalue weighted by atomic mass is 19.1. The van der Waals surface area contributed by atoms with Crippen LogP contribution < -0.4 is 5.32 Å². The van der Waals surface area contributed by atoms with Crippen LogP contribution in [0.1, 0.15) is 30.9 Å².